The molecule has 1 amide bonds. The smallest absolute Gasteiger partial charge is 0.399 e. The summed E-state index contributed by atoms with van der Waals surface area (Å²) in [5.74, 6) is 3.21. The lowest BCUT2D eigenvalue weighted by atomic mass is 9.66. The summed E-state index contributed by atoms with van der Waals surface area (Å²) in [6.07, 6.45) is 13.4. The maximum atomic E-state index is 12.1. The van der Waals surface area contributed by atoms with Gasteiger partial charge < -0.3 is 14.6 Å². The average Bonchev–Trinajstić information content (AvgIpc) is 3.17. The van der Waals surface area contributed by atoms with Crippen LogP contribution in [0.3, 0.4) is 0 Å². The van der Waals surface area contributed by atoms with Gasteiger partial charge in [-0.15, -0.1) is 12.3 Å². The summed E-state index contributed by atoms with van der Waals surface area (Å²) in [7, 11) is -0.296. The summed E-state index contributed by atoms with van der Waals surface area (Å²) in [6.45, 7) is 8.99. The topological polar surface area (TPSA) is 47.6 Å². The molecule has 0 unspecified atom stereocenters. The molecule has 31 heavy (non-hydrogen) atoms. The van der Waals surface area contributed by atoms with E-state index in [2.05, 4.69) is 57.1 Å². The Morgan fingerprint density at radius 3 is 2.48 bits per heavy atom. The number of fused-ring (bicyclic) bond motifs is 2. The van der Waals surface area contributed by atoms with Gasteiger partial charge in [0, 0.05) is 19.4 Å². The number of hydrogen-bond donors (Lipinski definition) is 1. The maximum Gasteiger partial charge on any atom is 0.494 e. The molecule has 1 aromatic carbocycles. The van der Waals surface area contributed by atoms with Gasteiger partial charge in [0.25, 0.3) is 0 Å². The second-order valence-corrected chi connectivity index (χ2v) is 10.7. The summed E-state index contributed by atoms with van der Waals surface area (Å²) in [6, 6.07) is 6.85. The van der Waals surface area contributed by atoms with Crippen LogP contribution >= 0.6 is 0 Å². The van der Waals surface area contributed by atoms with Crippen LogP contribution in [-0.2, 0) is 25.9 Å². The summed E-state index contributed by atoms with van der Waals surface area (Å²) >= 11 is 0. The molecule has 1 aromatic rings. The maximum absolute atomic E-state index is 12.1. The Morgan fingerprint density at radius 1 is 1.16 bits per heavy atom. The largest absolute Gasteiger partial charge is 0.494 e. The van der Waals surface area contributed by atoms with Gasteiger partial charge in [-0.1, -0.05) is 18.2 Å². The fourth-order valence-corrected chi connectivity index (χ4v) is 5.53. The van der Waals surface area contributed by atoms with E-state index in [1.807, 2.05) is 0 Å². The van der Waals surface area contributed by atoms with Crippen molar-refractivity contribution in [2.24, 2.45) is 5.92 Å². The number of carbonyl (C=O) groups is 1. The van der Waals surface area contributed by atoms with Crippen molar-refractivity contribution < 1.29 is 14.1 Å². The zero-order valence-electron chi connectivity index (χ0n) is 19.6. The number of terminal acetylenes is 1. The lowest BCUT2D eigenvalue weighted by Gasteiger charge is -2.38. The van der Waals surface area contributed by atoms with Gasteiger partial charge in [-0.2, -0.15) is 0 Å². The molecule has 0 atom stereocenters. The molecule has 1 aliphatic heterocycles. The van der Waals surface area contributed by atoms with Crippen molar-refractivity contribution in [3.05, 3.63) is 29.3 Å². The molecule has 4 rings (SSSR count). The van der Waals surface area contributed by atoms with E-state index in [0.29, 0.717) is 30.7 Å². The second-order valence-electron chi connectivity index (χ2n) is 10.7. The van der Waals surface area contributed by atoms with Crippen molar-refractivity contribution in [1.82, 2.24) is 5.32 Å². The zero-order chi connectivity index (χ0) is 22.3. The number of nitrogens with one attached hydrogen (secondary N) is 1. The first-order chi connectivity index (χ1) is 14.7. The normalized spacial score (nSPS) is 28.4. The van der Waals surface area contributed by atoms with Gasteiger partial charge in [0.05, 0.1) is 11.2 Å². The van der Waals surface area contributed by atoms with Gasteiger partial charge in [0.2, 0.25) is 5.91 Å². The molecule has 1 saturated heterocycles. The predicted molar refractivity (Wildman–Crippen MR) is 125 cm³/mol. The number of aryl methyl sites for hydroxylation is 1. The molecule has 2 fully saturated rings. The molecule has 0 radical (unpaired) electrons. The van der Waals surface area contributed by atoms with Gasteiger partial charge in [0.15, 0.2) is 0 Å². The number of rotatable bonds is 5. The van der Waals surface area contributed by atoms with Crippen LogP contribution in [0.2, 0.25) is 0 Å². The third-order valence-corrected chi connectivity index (χ3v) is 8.23. The molecule has 5 heteroatoms. The van der Waals surface area contributed by atoms with Gasteiger partial charge in [0.1, 0.15) is 0 Å². The molecular formula is C26H36BNO3. The van der Waals surface area contributed by atoms with Crippen molar-refractivity contribution in [3.63, 3.8) is 0 Å². The Morgan fingerprint density at radius 2 is 1.84 bits per heavy atom. The summed E-state index contributed by atoms with van der Waals surface area (Å²) in [5, 5.41) is 2.95. The zero-order valence-corrected chi connectivity index (χ0v) is 19.6. The molecule has 2 aliphatic carbocycles. The predicted octanol–water partition coefficient (Wildman–Crippen LogP) is 3.89. The van der Waals surface area contributed by atoms with Crippen LogP contribution < -0.4 is 10.8 Å². The Kier molecular flexibility index (Phi) is 6.00. The third kappa shape index (κ3) is 4.30. The van der Waals surface area contributed by atoms with Crippen LogP contribution in [0, 0.1) is 18.3 Å². The van der Waals surface area contributed by atoms with Gasteiger partial charge in [-0.3, -0.25) is 4.79 Å². The highest BCUT2D eigenvalue weighted by molar-refractivity contribution is 6.62. The van der Waals surface area contributed by atoms with Crippen molar-refractivity contribution in [2.75, 3.05) is 6.54 Å². The Balaban J connectivity index is 1.39. The van der Waals surface area contributed by atoms with E-state index in [-0.39, 0.29) is 24.2 Å². The van der Waals surface area contributed by atoms with E-state index in [0.717, 1.165) is 24.7 Å². The molecule has 0 bridgehead atoms. The van der Waals surface area contributed by atoms with E-state index >= 15 is 0 Å². The molecule has 0 aromatic heterocycles. The Bertz CT molecular complexity index is 861. The van der Waals surface area contributed by atoms with Crippen molar-refractivity contribution in [2.45, 2.75) is 95.7 Å². The monoisotopic (exact) mass is 421 g/mol. The SMILES string of the molecule is C#CCCNC(=O)CC1CCC2(CCc3cc(B4OC(C)(C)C(C)(C)O4)ccc32)CC1. The molecule has 4 nitrogen and oxygen atoms in total. The second kappa shape index (κ2) is 8.30. The Hall–Kier alpha value is -1.77. The van der Waals surface area contributed by atoms with Crippen LogP contribution in [0.5, 0.6) is 0 Å². The highest BCUT2D eigenvalue weighted by Gasteiger charge is 2.52. The Labute approximate surface area is 188 Å². The molecule has 166 valence electrons. The van der Waals surface area contributed by atoms with Crippen LogP contribution in [0.15, 0.2) is 18.2 Å². The number of hydrogen-bond acceptors (Lipinski definition) is 3. The van der Waals surface area contributed by atoms with E-state index in [1.54, 1.807) is 0 Å². The first kappa shape index (κ1) is 22.4. The van der Waals surface area contributed by atoms with E-state index in [1.165, 1.54) is 30.4 Å². The molecule has 3 aliphatic rings. The van der Waals surface area contributed by atoms with E-state index in [9.17, 15) is 4.79 Å². The number of carbonyl (C=O) groups excluding carboxylic acids is 1. The first-order valence-electron chi connectivity index (χ1n) is 11.8. The minimum atomic E-state index is -0.316. The number of amides is 1. The van der Waals surface area contributed by atoms with Crippen molar-refractivity contribution >= 4 is 18.5 Å². The third-order valence-electron chi connectivity index (χ3n) is 8.23. The summed E-state index contributed by atoms with van der Waals surface area (Å²) < 4.78 is 12.5. The standard InChI is InChI=1S/C26H36BNO3/c1-6-7-16-28-23(29)17-19-10-13-26(14-11-19)15-12-20-18-21(8-9-22(20)26)27-30-24(2,3)25(4,5)31-27/h1,8-9,18-19H,7,10-17H2,2-5H3,(H,28,29). The fraction of sp³-hybridized carbons (Fsp3) is 0.654. The minimum absolute atomic E-state index is 0.148. The highest BCUT2D eigenvalue weighted by atomic mass is 16.7. The highest BCUT2D eigenvalue weighted by Crippen LogP contribution is 2.50. The van der Waals surface area contributed by atoms with Crippen molar-refractivity contribution in [1.29, 1.82) is 0 Å². The average molecular weight is 421 g/mol. The first-order valence-corrected chi connectivity index (χ1v) is 11.8. The molecule has 1 saturated carbocycles. The molecule has 1 spiro atoms. The van der Waals surface area contributed by atoms with Crippen molar-refractivity contribution in [3.8, 4) is 12.3 Å². The van der Waals surface area contributed by atoms with E-state index in [4.69, 9.17) is 15.7 Å². The van der Waals surface area contributed by atoms with Crippen LogP contribution in [-0.4, -0.2) is 30.8 Å². The van der Waals surface area contributed by atoms with Crippen LogP contribution in [0.25, 0.3) is 0 Å². The van der Waals surface area contributed by atoms with Crippen LogP contribution in [0.4, 0.5) is 0 Å². The number of benzene rings is 1. The lowest BCUT2D eigenvalue weighted by Crippen LogP contribution is -2.41. The molecule has 1 heterocycles. The van der Waals surface area contributed by atoms with E-state index < -0.39 is 0 Å². The fourth-order valence-electron chi connectivity index (χ4n) is 5.53. The summed E-state index contributed by atoms with van der Waals surface area (Å²) in [4.78, 5) is 12.1. The minimum Gasteiger partial charge on any atom is -0.399 e. The van der Waals surface area contributed by atoms with Gasteiger partial charge in [-0.25, -0.2) is 0 Å². The van der Waals surface area contributed by atoms with Gasteiger partial charge >= 0.3 is 7.12 Å². The molecule has 1 N–H and O–H groups in total. The van der Waals surface area contributed by atoms with Gasteiger partial charge in [-0.05, 0) is 94.1 Å². The summed E-state index contributed by atoms with van der Waals surface area (Å²) in [5.41, 5.74) is 3.77. The lowest BCUT2D eigenvalue weighted by molar-refractivity contribution is -0.122. The van der Waals surface area contributed by atoms with Crippen LogP contribution in [0.1, 0.15) is 83.8 Å². The quantitative estimate of drug-likeness (QED) is 0.446. The molecular weight excluding hydrogens is 385 g/mol.